The molecular weight excluding hydrogens is 309 g/mol. The number of aromatic nitrogens is 3. The lowest BCUT2D eigenvalue weighted by Gasteiger charge is -2.24. The first-order chi connectivity index (χ1) is 9.93. The van der Waals surface area contributed by atoms with Gasteiger partial charge in [-0.15, -0.1) is 0 Å². The minimum absolute atomic E-state index is 0.596. The Morgan fingerprint density at radius 2 is 2.33 bits per heavy atom. The van der Waals surface area contributed by atoms with Gasteiger partial charge < -0.3 is 14.9 Å². The van der Waals surface area contributed by atoms with Gasteiger partial charge in [-0.2, -0.15) is 9.78 Å². The highest BCUT2D eigenvalue weighted by molar-refractivity contribution is 6.27. The van der Waals surface area contributed by atoms with Crippen LogP contribution in [0.3, 0.4) is 0 Å². The summed E-state index contributed by atoms with van der Waals surface area (Å²) >= 11 is 6.17. The smallest absolute Gasteiger partial charge is 0.347 e. The highest BCUT2D eigenvalue weighted by Gasteiger charge is 2.56. The Bertz CT molecular complexity index is 695. The van der Waals surface area contributed by atoms with E-state index in [1.165, 1.54) is 0 Å². The third-order valence-electron chi connectivity index (χ3n) is 2.93. The number of aliphatic hydroxyl groups excluding tert-OH is 2. The van der Waals surface area contributed by atoms with E-state index >= 15 is 0 Å². The van der Waals surface area contributed by atoms with Crippen molar-refractivity contribution in [3.63, 3.8) is 0 Å². The van der Waals surface area contributed by atoms with E-state index in [4.69, 9.17) is 21.4 Å². The number of ether oxygens (including phenoxy) is 1. The maximum Gasteiger partial charge on any atom is 0.347 e. The largest absolute Gasteiger partial charge is 0.394 e. The molecule has 3 N–H and O–H groups in total. The van der Waals surface area contributed by atoms with Crippen molar-refractivity contribution in [2.24, 2.45) is 0 Å². The molecule has 2 rings (SSSR count). The Hall–Kier alpha value is -1.73. The molecular formula is C11H11ClFN3O5. The van der Waals surface area contributed by atoms with Gasteiger partial charge in [0.1, 0.15) is 25.1 Å². The van der Waals surface area contributed by atoms with E-state index in [1.54, 1.807) is 0 Å². The van der Waals surface area contributed by atoms with E-state index in [-0.39, 0.29) is 0 Å². The number of hydrogen-bond donors (Lipinski definition) is 3. The van der Waals surface area contributed by atoms with E-state index in [9.17, 15) is 19.1 Å². The number of H-pyrrole nitrogens is 1. The third-order valence-corrected chi connectivity index (χ3v) is 3.44. The second kappa shape index (κ2) is 5.95. The molecule has 1 aliphatic heterocycles. The molecule has 21 heavy (non-hydrogen) atoms. The second-order valence-corrected chi connectivity index (χ2v) is 4.87. The minimum atomic E-state index is -1.89. The molecule has 0 saturated carbocycles. The first kappa shape index (κ1) is 15.7. The molecule has 1 saturated heterocycles. The SMILES string of the molecule is O=c1cnn([C@@H]2OC(CO)[C@H](O)C2(Cl)C#CCF)c(=O)[nH]1. The maximum atomic E-state index is 12.2. The summed E-state index contributed by atoms with van der Waals surface area (Å²) in [6.07, 6.45) is -3.23. The standard InChI is InChI=1S/C11H11ClFN3O5/c12-11(2-1-3-13)8(19)6(5-17)21-9(11)16-10(20)15-7(18)4-14-16/h4,6,8-9,17,19H,3,5H2,(H,15,18,20)/t6?,8-,9+,11?/m0/s1. The van der Waals surface area contributed by atoms with Gasteiger partial charge in [-0.05, 0) is 0 Å². The van der Waals surface area contributed by atoms with Crippen molar-refractivity contribution in [1.82, 2.24) is 14.8 Å². The Labute approximate surface area is 122 Å². The molecule has 0 radical (unpaired) electrons. The first-order valence-electron chi connectivity index (χ1n) is 5.81. The van der Waals surface area contributed by atoms with Crippen LogP contribution in [-0.2, 0) is 4.74 Å². The Morgan fingerprint density at radius 1 is 1.62 bits per heavy atom. The second-order valence-electron chi connectivity index (χ2n) is 4.24. The van der Waals surface area contributed by atoms with Crippen LogP contribution < -0.4 is 11.2 Å². The molecule has 0 amide bonds. The van der Waals surface area contributed by atoms with E-state index in [0.29, 0.717) is 4.68 Å². The summed E-state index contributed by atoms with van der Waals surface area (Å²) < 4.78 is 18.2. The normalized spacial score (nSPS) is 31.7. The summed E-state index contributed by atoms with van der Waals surface area (Å²) in [6.45, 7) is -1.62. The molecule has 10 heteroatoms. The predicted molar refractivity (Wildman–Crippen MR) is 68.5 cm³/mol. The summed E-state index contributed by atoms with van der Waals surface area (Å²) in [7, 11) is 0. The van der Waals surface area contributed by atoms with Crippen molar-refractivity contribution >= 4 is 11.6 Å². The summed E-state index contributed by atoms with van der Waals surface area (Å²) in [5.41, 5.74) is -1.67. The number of hydrogen-bond acceptors (Lipinski definition) is 6. The van der Waals surface area contributed by atoms with Crippen LogP contribution in [0, 0.1) is 11.8 Å². The Morgan fingerprint density at radius 3 is 2.90 bits per heavy atom. The predicted octanol–water partition coefficient (Wildman–Crippen LogP) is -1.87. The van der Waals surface area contributed by atoms with Crippen LogP contribution in [0.15, 0.2) is 15.8 Å². The van der Waals surface area contributed by atoms with Crippen LogP contribution in [0.2, 0.25) is 0 Å². The fourth-order valence-electron chi connectivity index (χ4n) is 1.97. The zero-order valence-corrected chi connectivity index (χ0v) is 11.2. The number of halogens is 2. The average molecular weight is 320 g/mol. The lowest BCUT2D eigenvalue weighted by atomic mass is 9.99. The lowest BCUT2D eigenvalue weighted by molar-refractivity contribution is -0.0514. The maximum absolute atomic E-state index is 12.2. The van der Waals surface area contributed by atoms with E-state index in [0.717, 1.165) is 6.20 Å². The molecule has 0 bridgehead atoms. The highest BCUT2D eigenvalue weighted by Crippen LogP contribution is 2.42. The van der Waals surface area contributed by atoms with Crippen LogP contribution in [0.1, 0.15) is 6.23 Å². The molecule has 1 fully saturated rings. The summed E-state index contributed by atoms with van der Waals surface area (Å²) in [4.78, 5) is 22.8. The third kappa shape index (κ3) is 2.71. The minimum Gasteiger partial charge on any atom is -0.394 e. The molecule has 1 aliphatic rings. The Kier molecular flexibility index (Phi) is 4.43. The van der Waals surface area contributed by atoms with Crippen LogP contribution >= 0.6 is 11.6 Å². The van der Waals surface area contributed by atoms with Crippen LogP contribution in [0.5, 0.6) is 0 Å². The van der Waals surface area contributed by atoms with E-state index < -0.39 is 47.8 Å². The van der Waals surface area contributed by atoms with Crippen molar-refractivity contribution in [1.29, 1.82) is 0 Å². The van der Waals surface area contributed by atoms with Gasteiger partial charge in [0.15, 0.2) is 11.1 Å². The van der Waals surface area contributed by atoms with Crippen molar-refractivity contribution in [2.75, 3.05) is 13.3 Å². The quantitative estimate of drug-likeness (QED) is 0.434. The van der Waals surface area contributed by atoms with Crippen molar-refractivity contribution < 1.29 is 19.3 Å². The molecule has 2 unspecified atom stereocenters. The summed E-state index contributed by atoms with van der Waals surface area (Å²) in [5.74, 6) is 4.33. The van der Waals surface area contributed by atoms with E-state index in [1.807, 2.05) is 4.98 Å². The van der Waals surface area contributed by atoms with Crippen LogP contribution in [-0.4, -0.2) is 55.3 Å². The van der Waals surface area contributed by atoms with Gasteiger partial charge in [-0.1, -0.05) is 23.4 Å². The van der Waals surface area contributed by atoms with Gasteiger partial charge in [-0.3, -0.25) is 9.78 Å². The van der Waals surface area contributed by atoms with Crippen molar-refractivity contribution in [2.45, 2.75) is 23.3 Å². The highest BCUT2D eigenvalue weighted by atomic mass is 35.5. The zero-order valence-electron chi connectivity index (χ0n) is 10.5. The number of alkyl halides is 2. The van der Waals surface area contributed by atoms with Gasteiger partial charge in [0.25, 0.3) is 5.56 Å². The van der Waals surface area contributed by atoms with Gasteiger partial charge in [-0.25, -0.2) is 9.18 Å². The average Bonchev–Trinajstić information content (AvgIpc) is 2.70. The van der Waals surface area contributed by atoms with Crippen molar-refractivity contribution in [3.8, 4) is 11.8 Å². The topological polar surface area (TPSA) is 117 Å². The van der Waals surface area contributed by atoms with Gasteiger partial charge in [0.2, 0.25) is 0 Å². The van der Waals surface area contributed by atoms with Gasteiger partial charge >= 0.3 is 5.69 Å². The van der Waals surface area contributed by atoms with Crippen LogP contribution in [0.4, 0.5) is 4.39 Å². The molecule has 0 spiro atoms. The molecule has 0 aliphatic carbocycles. The molecule has 8 nitrogen and oxygen atoms in total. The molecule has 2 heterocycles. The molecule has 0 aromatic carbocycles. The fourth-order valence-corrected chi connectivity index (χ4v) is 2.32. The molecule has 1 aromatic rings. The van der Waals surface area contributed by atoms with Gasteiger partial charge in [0.05, 0.1) is 6.61 Å². The zero-order chi connectivity index (χ0) is 15.6. The van der Waals surface area contributed by atoms with Gasteiger partial charge in [0, 0.05) is 0 Å². The number of rotatable bonds is 2. The fraction of sp³-hybridized carbons (Fsp3) is 0.545. The lowest BCUT2D eigenvalue weighted by Crippen LogP contribution is -2.45. The Balaban J connectivity index is 2.53. The van der Waals surface area contributed by atoms with Crippen LogP contribution in [0.25, 0.3) is 0 Å². The molecule has 114 valence electrons. The molecule has 1 aromatic heterocycles. The van der Waals surface area contributed by atoms with E-state index in [2.05, 4.69) is 16.9 Å². The summed E-state index contributed by atoms with van der Waals surface area (Å²) in [5, 5.41) is 22.8. The number of aliphatic hydroxyl groups is 2. The molecule has 4 atom stereocenters. The number of aromatic amines is 1. The first-order valence-corrected chi connectivity index (χ1v) is 6.19. The number of nitrogens with one attached hydrogen (secondary N) is 1. The monoisotopic (exact) mass is 319 g/mol. The number of nitrogens with zero attached hydrogens (tertiary/aromatic N) is 2. The van der Waals surface area contributed by atoms with Crippen molar-refractivity contribution in [3.05, 3.63) is 27.0 Å². The summed E-state index contributed by atoms with van der Waals surface area (Å²) in [6, 6.07) is 0.